The Morgan fingerprint density at radius 3 is 1.93 bits per heavy atom. The second-order valence-electron chi connectivity index (χ2n) is 5.28. The van der Waals surface area contributed by atoms with Crippen molar-refractivity contribution in [2.24, 2.45) is 0 Å². The van der Waals surface area contributed by atoms with Gasteiger partial charge in [0.25, 0.3) is 11.9 Å². The second kappa shape index (κ2) is 11.6. The fraction of sp³-hybridized carbons (Fsp3) is 0.167. The number of anilines is 1. The second-order valence-corrected chi connectivity index (χ2v) is 6.10. The van der Waals surface area contributed by atoms with Gasteiger partial charge in [0.1, 0.15) is 11.5 Å². The van der Waals surface area contributed by atoms with Crippen molar-refractivity contribution < 1.29 is 29.0 Å². The van der Waals surface area contributed by atoms with Crippen LogP contribution in [-0.2, 0) is 4.79 Å². The van der Waals surface area contributed by atoms with Gasteiger partial charge in [-0.1, -0.05) is 23.2 Å². The molecule has 0 aliphatic heterocycles. The van der Waals surface area contributed by atoms with Crippen LogP contribution in [0.25, 0.3) is 0 Å². The number of carboxylic acids is 1. The highest BCUT2D eigenvalue weighted by Gasteiger charge is 2.11. The molecule has 0 aliphatic carbocycles. The summed E-state index contributed by atoms with van der Waals surface area (Å²) in [7, 11) is 2.94. The van der Waals surface area contributed by atoms with Gasteiger partial charge in [0.2, 0.25) is 0 Å². The number of halogens is 2. The first-order chi connectivity index (χ1) is 13.7. The summed E-state index contributed by atoms with van der Waals surface area (Å²) in [6.07, 6.45) is 0. The predicted octanol–water partition coefficient (Wildman–Crippen LogP) is 3.57. The van der Waals surface area contributed by atoms with Gasteiger partial charge in [-0.25, -0.2) is 10.2 Å². The van der Waals surface area contributed by atoms with Crippen LogP contribution in [0.1, 0.15) is 17.3 Å². The zero-order chi connectivity index (χ0) is 22.0. The summed E-state index contributed by atoms with van der Waals surface area (Å²) >= 11 is 11.7. The molecule has 3 amide bonds. The van der Waals surface area contributed by atoms with Crippen LogP contribution in [0.3, 0.4) is 0 Å². The normalized spacial score (nSPS) is 9.41. The number of hydrazine groups is 1. The van der Waals surface area contributed by atoms with Crippen molar-refractivity contribution in [3.05, 3.63) is 52.0 Å². The summed E-state index contributed by atoms with van der Waals surface area (Å²) in [6, 6.07) is 8.59. The average Bonchev–Trinajstić information content (AvgIpc) is 2.68. The van der Waals surface area contributed by atoms with Crippen molar-refractivity contribution in [2.45, 2.75) is 6.92 Å². The fourth-order valence-electron chi connectivity index (χ4n) is 1.86. The van der Waals surface area contributed by atoms with Gasteiger partial charge >= 0.3 is 6.03 Å². The van der Waals surface area contributed by atoms with Gasteiger partial charge in [-0.3, -0.25) is 15.0 Å². The third-order valence-electron chi connectivity index (χ3n) is 3.08. The molecule has 0 radical (unpaired) electrons. The predicted molar refractivity (Wildman–Crippen MR) is 109 cm³/mol. The Bertz CT molecular complexity index is 866. The first-order valence-electron chi connectivity index (χ1n) is 7.91. The van der Waals surface area contributed by atoms with Crippen molar-refractivity contribution in [1.82, 2.24) is 10.9 Å². The summed E-state index contributed by atoms with van der Waals surface area (Å²) in [5.74, 6) is -0.476. The Balaban J connectivity index is 0.000000960. The highest BCUT2D eigenvalue weighted by atomic mass is 35.5. The van der Waals surface area contributed by atoms with Crippen molar-refractivity contribution >= 4 is 46.8 Å². The van der Waals surface area contributed by atoms with E-state index in [4.69, 9.17) is 42.6 Å². The molecule has 2 aromatic carbocycles. The van der Waals surface area contributed by atoms with Gasteiger partial charge in [-0.2, -0.15) is 0 Å². The first kappa shape index (κ1) is 23.9. The highest BCUT2D eigenvalue weighted by Crippen LogP contribution is 2.25. The average molecular weight is 444 g/mol. The number of carboxylic acid groups (broad SMARTS) is 1. The van der Waals surface area contributed by atoms with Gasteiger partial charge in [0.05, 0.1) is 24.3 Å². The SMILES string of the molecule is CC(=O)O.COc1cc(OC)cc(C(=O)NNC(=O)Nc2ccc(Cl)c(Cl)c2)c1. The van der Waals surface area contributed by atoms with Crippen molar-refractivity contribution in [3.8, 4) is 11.5 Å². The third-order valence-corrected chi connectivity index (χ3v) is 3.82. The molecule has 0 saturated carbocycles. The Kier molecular flexibility index (Phi) is 9.57. The van der Waals surface area contributed by atoms with E-state index in [1.54, 1.807) is 18.2 Å². The van der Waals surface area contributed by atoms with E-state index in [-0.39, 0.29) is 5.56 Å². The van der Waals surface area contributed by atoms with E-state index in [0.29, 0.717) is 27.2 Å². The lowest BCUT2D eigenvalue weighted by molar-refractivity contribution is -0.134. The van der Waals surface area contributed by atoms with Gasteiger partial charge in [-0.05, 0) is 30.3 Å². The lowest BCUT2D eigenvalue weighted by Gasteiger charge is -2.11. The maximum atomic E-state index is 12.1. The highest BCUT2D eigenvalue weighted by molar-refractivity contribution is 6.42. The number of hydrogen-bond acceptors (Lipinski definition) is 5. The summed E-state index contributed by atoms with van der Waals surface area (Å²) in [5, 5.41) is 10.6. The molecule has 4 N–H and O–H groups in total. The molecular weight excluding hydrogens is 425 g/mol. The van der Waals surface area contributed by atoms with Crippen LogP contribution in [0.2, 0.25) is 10.0 Å². The Labute approximate surface area is 176 Å². The van der Waals surface area contributed by atoms with Gasteiger partial charge in [-0.15, -0.1) is 0 Å². The number of aliphatic carboxylic acids is 1. The lowest BCUT2D eigenvalue weighted by atomic mass is 10.2. The molecule has 156 valence electrons. The maximum absolute atomic E-state index is 12.1. The van der Waals surface area contributed by atoms with E-state index in [1.165, 1.54) is 32.4 Å². The Morgan fingerprint density at radius 1 is 0.897 bits per heavy atom. The number of methoxy groups -OCH3 is 2. The van der Waals surface area contributed by atoms with E-state index >= 15 is 0 Å². The van der Waals surface area contributed by atoms with Gasteiger partial charge in [0.15, 0.2) is 0 Å². The van der Waals surface area contributed by atoms with Gasteiger partial charge in [0, 0.05) is 24.2 Å². The monoisotopic (exact) mass is 443 g/mol. The summed E-state index contributed by atoms with van der Waals surface area (Å²) in [5.41, 5.74) is 5.18. The summed E-state index contributed by atoms with van der Waals surface area (Å²) in [6.45, 7) is 1.08. The topological polar surface area (TPSA) is 126 Å². The van der Waals surface area contributed by atoms with Crippen molar-refractivity contribution in [1.29, 1.82) is 0 Å². The third kappa shape index (κ3) is 8.58. The molecule has 0 aliphatic rings. The molecule has 29 heavy (non-hydrogen) atoms. The van der Waals surface area contributed by atoms with E-state index in [0.717, 1.165) is 6.92 Å². The van der Waals surface area contributed by atoms with Crippen LogP contribution in [0, 0.1) is 0 Å². The minimum Gasteiger partial charge on any atom is -0.497 e. The van der Waals surface area contributed by atoms with Crippen LogP contribution < -0.4 is 25.6 Å². The van der Waals surface area contributed by atoms with Crippen LogP contribution in [0.4, 0.5) is 10.5 Å². The molecule has 9 nitrogen and oxygen atoms in total. The summed E-state index contributed by atoms with van der Waals surface area (Å²) in [4.78, 5) is 33.0. The van der Waals surface area contributed by atoms with Crippen molar-refractivity contribution in [2.75, 3.05) is 19.5 Å². The smallest absolute Gasteiger partial charge is 0.337 e. The fourth-order valence-corrected chi connectivity index (χ4v) is 2.16. The maximum Gasteiger partial charge on any atom is 0.337 e. The molecule has 0 saturated heterocycles. The number of urea groups is 1. The number of hydrogen-bond donors (Lipinski definition) is 4. The Hall–Kier alpha value is -3.17. The molecule has 0 bridgehead atoms. The van der Waals surface area contributed by atoms with E-state index in [1.807, 2.05) is 0 Å². The number of carbonyl (C=O) groups excluding carboxylic acids is 2. The lowest BCUT2D eigenvalue weighted by Crippen LogP contribution is -2.43. The molecule has 0 aromatic heterocycles. The van der Waals surface area contributed by atoms with Crippen LogP contribution in [0.15, 0.2) is 36.4 Å². The number of rotatable bonds is 4. The molecule has 11 heteroatoms. The van der Waals surface area contributed by atoms with E-state index < -0.39 is 17.9 Å². The first-order valence-corrected chi connectivity index (χ1v) is 8.66. The largest absolute Gasteiger partial charge is 0.497 e. The quantitative estimate of drug-likeness (QED) is 0.535. The molecule has 0 fully saturated rings. The standard InChI is InChI=1S/C16H15Cl2N3O4.C2H4O2/c1-24-11-5-9(6-12(8-11)25-2)15(22)20-21-16(23)19-10-3-4-13(17)14(18)7-10;1-2(3)4/h3-8H,1-2H3,(H,20,22)(H2,19,21,23);1H3,(H,3,4). The molecule has 2 aromatic rings. The minimum atomic E-state index is -0.833. The van der Waals surface area contributed by atoms with Gasteiger partial charge < -0.3 is 19.9 Å². The zero-order valence-corrected chi connectivity index (χ0v) is 17.2. The molecule has 2 rings (SSSR count). The van der Waals surface area contributed by atoms with Crippen molar-refractivity contribution in [3.63, 3.8) is 0 Å². The number of benzene rings is 2. The molecule has 0 atom stereocenters. The number of ether oxygens (including phenoxy) is 2. The zero-order valence-electron chi connectivity index (χ0n) is 15.7. The number of amides is 3. The molecular formula is C18H19Cl2N3O6. The molecule has 0 heterocycles. The Morgan fingerprint density at radius 2 is 1.45 bits per heavy atom. The summed E-state index contributed by atoms with van der Waals surface area (Å²) < 4.78 is 10.2. The molecule has 0 unspecified atom stereocenters. The number of carbonyl (C=O) groups is 3. The van der Waals surface area contributed by atoms with E-state index in [9.17, 15) is 9.59 Å². The van der Waals surface area contributed by atoms with Crippen LogP contribution in [-0.4, -0.2) is 37.2 Å². The molecule has 0 spiro atoms. The van der Waals surface area contributed by atoms with Crippen LogP contribution >= 0.6 is 23.2 Å². The number of nitrogens with one attached hydrogen (secondary N) is 3. The minimum absolute atomic E-state index is 0.256. The van der Waals surface area contributed by atoms with E-state index in [2.05, 4.69) is 16.2 Å². The van der Waals surface area contributed by atoms with Crippen LogP contribution in [0.5, 0.6) is 11.5 Å².